The molecule has 146 valence electrons. The van der Waals surface area contributed by atoms with Crippen LogP contribution >= 0.6 is 0 Å². The number of amides is 2. The third kappa shape index (κ3) is 7.44. The summed E-state index contributed by atoms with van der Waals surface area (Å²) < 4.78 is 10.4. The number of nitrogens with one attached hydrogen (secondary N) is 1. The number of anilines is 1. The number of rotatable bonds is 6. The van der Waals surface area contributed by atoms with Crippen molar-refractivity contribution in [1.82, 2.24) is 4.90 Å². The molecule has 1 aromatic rings. The number of para-hydroxylation sites is 1. The second kappa shape index (κ2) is 9.03. The highest BCUT2D eigenvalue weighted by atomic mass is 16.6. The highest BCUT2D eigenvalue weighted by Crippen LogP contribution is 2.29. The summed E-state index contributed by atoms with van der Waals surface area (Å²) in [6, 6.07) is 7.68. The van der Waals surface area contributed by atoms with E-state index in [-0.39, 0.29) is 24.4 Å². The zero-order valence-electron chi connectivity index (χ0n) is 17.0. The Balaban J connectivity index is 2.86. The molecule has 0 bridgehead atoms. The van der Waals surface area contributed by atoms with Gasteiger partial charge in [-0.05, 0) is 37.8 Å². The van der Waals surface area contributed by atoms with Crippen molar-refractivity contribution in [2.24, 2.45) is 0 Å². The molecule has 1 aromatic carbocycles. The van der Waals surface area contributed by atoms with Crippen LogP contribution in [0.3, 0.4) is 0 Å². The lowest BCUT2D eigenvalue weighted by molar-refractivity contribution is -0.117. The summed E-state index contributed by atoms with van der Waals surface area (Å²) >= 11 is 0. The summed E-state index contributed by atoms with van der Waals surface area (Å²) in [6.45, 7) is 12.1. The number of hydrogen-bond acceptors (Lipinski definition) is 4. The molecule has 26 heavy (non-hydrogen) atoms. The maximum Gasteiger partial charge on any atom is 0.410 e. The molecule has 0 saturated carbocycles. The van der Waals surface area contributed by atoms with Gasteiger partial charge < -0.3 is 14.8 Å². The average molecular weight is 364 g/mol. The second-order valence-electron chi connectivity index (χ2n) is 8.24. The van der Waals surface area contributed by atoms with Crippen molar-refractivity contribution < 1.29 is 19.1 Å². The maximum atomic E-state index is 12.5. The van der Waals surface area contributed by atoms with E-state index in [0.717, 1.165) is 11.3 Å². The van der Waals surface area contributed by atoms with Crippen molar-refractivity contribution in [1.29, 1.82) is 0 Å². The molecule has 6 nitrogen and oxygen atoms in total. The molecule has 1 rings (SSSR count). The van der Waals surface area contributed by atoms with Gasteiger partial charge in [0.1, 0.15) is 12.1 Å². The van der Waals surface area contributed by atoms with E-state index in [9.17, 15) is 9.59 Å². The summed E-state index contributed by atoms with van der Waals surface area (Å²) in [5, 5.41) is 2.91. The molecule has 0 atom stereocenters. The highest BCUT2D eigenvalue weighted by Gasteiger charge is 2.25. The van der Waals surface area contributed by atoms with E-state index in [1.54, 1.807) is 27.9 Å². The smallest absolute Gasteiger partial charge is 0.410 e. The fourth-order valence-corrected chi connectivity index (χ4v) is 2.37. The number of methoxy groups -OCH3 is 1. The Morgan fingerprint density at radius 3 is 2.23 bits per heavy atom. The van der Waals surface area contributed by atoms with Crippen LogP contribution in [0.4, 0.5) is 10.5 Å². The first-order valence-corrected chi connectivity index (χ1v) is 8.80. The van der Waals surface area contributed by atoms with Gasteiger partial charge in [0.15, 0.2) is 0 Å². The van der Waals surface area contributed by atoms with Gasteiger partial charge in [-0.2, -0.15) is 0 Å². The second-order valence-corrected chi connectivity index (χ2v) is 8.24. The van der Waals surface area contributed by atoms with Crippen molar-refractivity contribution in [3.63, 3.8) is 0 Å². The van der Waals surface area contributed by atoms with Gasteiger partial charge in [0.2, 0.25) is 5.91 Å². The summed E-state index contributed by atoms with van der Waals surface area (Å²) in [7, 11) is 1.55. The van der Waals surface area contributed by atoms with Crippen LogP contribution in [0, 0.1) is 0 Å². The van der Waals surface area contributed by atoms with E-state index in [1.165, 1.54) is 4.90 Å². The summed E-state index contributed by atoms with van der Waals surface area (Å²) in [5.41, 5.74) is 1.05. The molecule has 0 aliphatic heterocycles. The first kappa shape index (κ1) is 22.0. The largest absolute Gasteiger partial charge is 0.444 e. The van der Waals surface area contributed by atoms with Crippen LogP contribution in [0.5, 0.6) is 0 Å². The number of carbonyl (C=O) groups excluding carboxylic acids is 2. The summed E-state index contributed by atoms with van der Waals surface area (Å²) in [6.07, 6.45) is -0.534. The van der Waals surface area contributed by atoms with Crippen molar-refractivity contribution in [2.45, 2.75) is 52.6 Å². The number of benzene rings is 1. The Labute approximate surface area is 156 Å². The Hall–Kier alpha value is -2.08. The van der Waals surface area contributed by atoms with Crippen LogP contribution in [0.15, 0.2) is 24.3 Å². The molecule has 0 heterocycles. The minimum Gasteiger partial charge on any atom is -0.444 e. The molecule has 0 aliphatic carbocycles. The fraction of sp³-hybridized carbons (Fsp3) is 0.600. The minimum atomic E-state index is -0.627. The van der Waals surface area contributed by atoms with Crippen LogP contribution in [-0.2, 0) is 19.7 Å². The maximum absolute atomic E-state index is 12.5. The molecule has 0 aliphatic rings. The fourth-order valence-electron chi connectivity index (χ4n) is 2.37. The Morgan fingerprint density at radius 1 is 1.08 bits per heavy atom. The van der Waals surface area contributed by atoms with Crippen molar-refractivity contribution in [2.75, 3.05) is 32.1 Å². The predicted molar refractivity (Wildman–Crippen MR) is 103 cm³/mol. The van der Waals surface area contributed by atoms with E-state index < -0.39 is 11.7 Å². The Kier molecular flexibility index (Phi) is 7.63. The molecule has 0 fully saturated rings. The average Bonchev–Trinajstić information content (AvgIpc) is 2.49. The lowest BCUT2D eigenvalue weighted by Crippen LogP contribution is -2.43. The van der Waals surface area contributed by atoms with Crippen LogP contribution in [0.2, 0.25) is 0 Å². The predicted octanol–water partition coefficient (Wildman–Crippen LogP) is 3.81. The van der Waals surface area contributed by atoms with Gasteiger partial charge in [-0.15, -0.1) is 0 Å². The van der Waals surface area contributed by atoms with Crippen LogP contribution in [-0.4, -0.2) is 49.3 Å². The SMILES string of the molecule is COCCN(CC(=O)Nc1ccccc1C(C)(C)C)C(=O)OC(C)(C)C. The lowest BCUT2D eigenvalue weighted by atomic mass is 9.86. The van der Waals surface area contributed by atoms with Gasteiger partial charge in [0.25, 0.3) is 0 Å². The van der Waals surface area contributed by atoms with Gasteiger partial charge >= 0.3 is 6.09 Å². The summed E-state index contributed by atoms with van der Waals surface area (Å²) in [4.78, 5) is 26.2. The number of carbonyl (C=O) groups is 2. The van der Waals surface area contributed by atoms with Crippen LogP contribution in [0.25, 0.3) is 0 Å². The van der Waals surface area contributed by atoms with Gasteiger partial charge in [0, 0.05) is 19.3 Å². The topological polar surface area (TPSA) is 67.9 Å². The van der Waals surface area contributed by atoms with Crippen LogP contribution in [0.1, 0.15) is 47.1 Å². The minimum absolute atomic E-state index is 0.100. The normalized spacial score (nSPS) is 11.8. The molecule has 6 heteroatoms. The highest BCUT2D eigenvalue weighted by molar-refractivity contribution is 5.94. The summed E-state index contributed by atoms with van der Waals surface area (Å²) in [5.74, 6) is -0.274. The van der Waals surface area contributed by atoms with E-state index in [4.69, 9.17) is 9.47 Å². The first-order chi connectivity index (χ1) is 11.9. The zero-order valence-corrected chi connectivity index (χ0v) is 17.0. The zero-order chi connectivity index (χ0) is 20.0. The number of nitrogens with zero attached hydrogens (tertiary/aromatic N) is 1. The third-order valence-electron chi connectivity index (χ3n) is 3.56. The molecule has 0 unspecified atom stereocenters. The van der Waals surface area contributed by atoms with E-state index >= 15 is 0 Å². The van der Waals surface area contributed by atoms with E-state index in [2.05, 4.69) is 26.1 Å². The Morgan fingerprint density at radius 2 is 1.69 bits per heavy atom. The van der Waals surface area contributed by atoms with Crippen LogP contribution < -0.4 is 5.32 Å². The molecule has 1 N–H and O–H groups in total. The van der Waals surface area contributed by atoms with E-state index in [1.807, 2.05) is 24.3 Å². The molecular weight excluding hydrogens is 332 g/mol. The standard InChI is InChI=1S/C20H32N2O4/c1-19(2,3)15-10-8-9-11-16(15)21-17(23)14-22(12-13-25-7)18(24)26-20(4,5)6/h8-11H,12-14H2,1-7H3,(H,21,23). The lowest BCUT2D eigenvalue weighted by Gasteiger charge is -2.27. The van der Waals surface area contributed by atoms with Gasteiger partial charge in [-0.1, -0.05) is 39.0 Å². The molecule has 0 aromatic heterocycles. The molecule has 2 amide bonds. The number of hydrogen-bond donors (Lipinski definition) is 1. The molecular formula is C20H32N2O4. The van der Waals surface area contributed by atoms with Gasteiger partial charge in [-0.3, -0.25) is 9.69 Å². The van der Waals surface area contributed by atoms with E-state index in [0.29, 0.717) is 6.61 Å². The van der Waals surface area contributed by atoms with Crippen molar-refractivity contribution in [3.05, 3.63) is 29.8 Å². The molecule has 0 spiro atoms. The monoisotopic (exact) mass is 364 g/mol. The van der Waals surface area contributed by atoms with Crippen molar-refractivity contribution >= 4 is 17.7 Å². The molecule has 0 radical (unpaired) electrons. The third-order valence-corrected chi connectivity index (χ3v) is 3.56. The molecule has 0 saturated heterocycles. The Bertz CT molecular complexity index is 615. The quantitative estimate of drug-likeness (QED) is 0.833. The first-order valence-electron chi connectivity index (χ1n) is 8.80. The van der Waals surface area contributed by atoms with Gasteiger partial charge in [-0.25, -0.2) is 4.79 Å². The van der Waals surface area contributed by atoms with Crippen molar-refractivity contribution in [3.8, 4) is 0 Å². The number of ether oxygens (including phenoxy) is 2. The van der Waals surface area contributed by atoms with Gasteiger partial charge in [0.05, 0.1) is 6.61 Å².